The number of nitrogens with one attached hydrogen (secondary N) is 1. The molecule has 0 aliphatic heterocycles. The van der Waals surface area contributed by atoms with Crippen LogP contribution in [0.25, 0.3) is 12.2 Å². The number of benzene rings is 1. The van der Waals surface area contributed by atoms with Crippen LogP contribution in [0.2, 0.25) is 0 Å². The first-order valence-corrected chi connectivity index (χ1v) is 10.4. The monoisotopic (exact) mass is 402 g/mol. The third-order valence-corrected chi connectivity index (χ3v) is 4.98. The average molecular weight is 403 g/mol. The van der Waals surface area contributed by atoms with Gasteiger partial charge in [0.15, 0.2) is 0 Å². The summed E-state index contributed by atoms with van der Waals surface area (Å²) in [7, 11) is 0. The second-order valence-electron chi connectivity index (χ2n) is 7.99. The van der Waals surface area contributed by atoms with Crippen molar-refractivity contribution in [1.82, 2.24) is 14.8 Å². The second-order valence-corrected chi connectivity index (χ2v) is 7.99. The van der Waals surface area contributed by atoms with Crippen molar-refractivity contribution in [3.05, 3.63) is 76.9 Å². The average Bonchev–Trinajstić information content (AvgIpc) is 2.98. The minimum absolute atomic E-state index is 0.0104. The quantitative estimate of drug-likeness (QED) is 0.557. The molecule has 5 heteroatoms. The first kappa shape index (κ1) is 21.5. The highest BCUT2D eigenvalue weighted by molar-refractivity contribution is 5.91. The van der Waals surface area contributed by atoms with Crippen LogP contribution in [0.15, 0.2) is 48.7 Å². The molecule has 0 atom stereocenters. The Balaban J connectivity index is 1.59. The van der Waals surface area contributed by atoms with E-state index in [0.717, 1.165) is 34.9 Å². The van der Waals surface area contributed by atoms with Crippen molar-refractivity contribution >= 4 is 23.7 Å². The number of amides is 1. The van der Waals surface area contributed by atoms with Gasteiger partial charge >= 0.3 is 0 Å². The largest absolute Gasteiger partial charge is 0.326 e. The first-order valence-electron chi connectivity index (χ1n) is 10.4. The maximum atomic E-state index is 12.5. The maximum Gasteiger partial charge on any atom is 0.224 e. The zero-order valence-corrected chi connectivity index (χ0v) is 18.2. The predicted octanol–water partition coefficient (Wildman–Crippen LogP) is 5.29. The Bertz CT molecular complexity index is 1020. The molecule has 0 unspecified atom stereocenters. The normalized spacial score (nSPS) is 11.4. The van der Waals surface area contributed by atoms with Gasteiger partial charge in [-0.15, -0.1) is 0 Å². The molecule has 3 aromatic rings. The molecule has 0 aliphatic rings. The van der Waals surface area contributed by atoms with E-state index < -0.39 is 0 Å². The number of hydrogen-bond donors (Lipinski definition) is 1. The molecular weight excluding hydrogens is 372 g/mol. The molecule has 2 aromatic heterocycles. The van der Waals surface area contributed by atoms with E-state index in [1.54, 1.807) is 6.20 Å². The zero-order valence-electron chi connectivity index (χ0n) is 18.2. The Labute approximate surface area is 178 Å². The molecular formula is C25H30N4O. The van der Waals surface area contributed by atoms with Crippen molar-refractivity contribution in [1.29, 1.82) is 0 Å². The van der Waals surface area contributed by atoms with Gasteiger partial charge < -0.3 is 5.32 Å². The lowest BCUT2D eigenvalue weighted by Crippen LogP contribution is -2.13. The SMILES string of the molecule is Cc1nn(CC(C)C)c(C)c1CCC(=O)Nc1cccc(C=Cc2ccccn2)c1. The Kier molecular flexibility index (Phi) is 7.17. The van der Waals surface area contributed by atoms with Gasteiger partial charge in [-0.05, 0) is 67.7 Å². The third-order valence-electron chi connectivity index (χ3n) is 4.98. The van der Waals surface area contributed by atoms with Gasteiger partial charge in [0.1, 0.15) is 0 Å². The van der Waals surface area contributed by atoms with Gasteiger partial charge in [0.2, 0.25) is 5.91 Å². The number of hydrogen-bond acceptors (Lipinski definition) is 3. The Morgan fingerprint density at radius 3 is 2.70 bits per heavy atom. The van der Waals surface area contributed by atoms with Gasteiger partial charge in [-0.25, -0.2) is 0 Å². The number of anilines is 1. The number of aromatic nitrogens is 3. The summed E-state index contributed by atoms with van der Waals surface area (Å²) in [6, 6.07) is 13.6. The summed E-state index contributed by atoms with van der Waals surface area (Å²) in [6.45, 7) is 9.38. The highest BCUT2D eigenvalue weighted by Gasteiger charge is 2.14. The molecule has 1 aromatic carbocycles. The smallest absolute Gasteiger partial charge is 0.224 e. The lowest BCUT2D eigenvalue weighted by atomic mass is 10.1. The molecule has 5 nitrogen and oxygen atoms in total. The zero-order chi connectivity index (χ0) is 21.5. The fraction of sp³-hybridized carbons (Fsp3) is 0.320. The molecule has 0 bridgehead atoms. The predicted molar refractivity (Wildman–Crippen MR) is 123 cm³/mol. The van der Waals surface area contributed by atoms with Gasteiger partial charge in [-0.3, -0.25) is 14.5 Å². The molecule has 0 saturated carbocycles. The molecule has 30 heavy (non-hydrogen) atoms. The van der Waals surface area contributed by atoms with E-state index in [1.807, 2.05) is 61.5 Å². The summed E-state index contributed by atoms with van der Waals surface area (Å²) >= 11 is 0. The minimum atomic E-state index is 0.0104. The molecule has 0 aliphatic carbocycles. The van der Waals surface area contributed by atoms with Gasteiger partial charge in [-0.2, -0.15) is 5.10 Å². The summed E-state index contributed by atoms with van der Waals surface area (Å²) in [5, 5.41) is 7.65. The summed E-state index contributed by atoms with van der Waals surface area (Å²) in [5.74, 6) is 0.550. The van der Waals surface area contributed by atoms with Crippen LogP contribution >= 0.6 is 0 Å². The van der Waals surface area contributed by atoms with Crippen LogP contribution in [-0.4, -0.2) is 20.7 Å². The van der Waals surface area contributed by atoms with Gasteiger partial charge in [-0.1, -0.05) is 38.1 Å². The van der Waals surface area contributed by atoms with Crippen LogP contribution in [0.3, 0.4) is 0 Å². The van der Waals surface area contributed by atoms with Crippen molar-refractivity contribution in [2.24, 2.45) is 5.92 Å². The summed E-state index contributed by atoms with van der Waals surface area (Å²) in [4.78, 5) is 16.8. The van der Waals surface area contributed by atoms with E-state index in [1.165, 1.54) is 5.56 Å². The van der Waals surface area contributed by atoms with E-state index in [2.05, 4.69) is 40.9 Å². The standard InChI is InChI=1S/C25H30N4O/c1-18(2)17-29-20(4)24(19(3)28-29)13-14-25(30)27-23-10-7-8-21(16-23)11-12-22-9-5-6-15-26-22/h5-12,15-16,18H,13-14,17H2,1-4H3,(H,27,30). The molecule has 3 rings (SSSR count). The number of pyridine rings is 1. The summed E-state index contributed by atoms with van der Waals surface area (Å²) < 4.78 is 2.06. The van der Waals surface area contributed by atoms with Gasteiger partial charge in [0.25, 0.3) is 0 Å². The fourth-order valence-corrected chi connectivity index (χ4v) is 3.46. The number of carbonyl (C=O) groups is 1. The number of rotatable bonds is 8. The molecule has 1 amide bonds. The molecule has 1 N–H and O–H groups in total. The number of nitrogens with zero attached hydrogens (tertiary/aromatic N) is 3. The third kappa shape index (κ3) is 5.89. The van der Waals surface area contributed by atoms with Gasteiger partial charge in [0.05, 0.1) is 11.4 Å². The van der Waals surface area contributed by atoms with Crippen LogP contribution in [0.5, 0.6) is 0 Å². The van der Waals surface area contributed by atoms with Crippen LogP contribution in [-0.2, 0) is 17.8 Å². The van der Waals surface area contributed by atoms with Crippen molar-refractivity contribution in [3.8, 4) is 0 Å². The van der Waals surface area contributed by atoms with E-state index in [0.29, 0.717) is 18.8 Å². The molecule has 2 heterocycles. The second kappa shape index (κ2) is 10.0. The fourth-order valence-electron chi connectivity index (χ4n) is 3.46. The lowest BCUT2D eigenvalue weighted by molar-refractivity contribution is -0.116. The van der Waals surface area contributed by atoms with Crippen molar-refractivity contribution < 1.29 is 4.79 Å². The summed E-state index contributed by atoms with van der Waals surface area (Å²) in [6.07, 6.45) is 6.85. The van der Waals surface area contributed by atoms with Crippen molar-refractivity contribution in [3.63, 3.8) is 0 Å². The van der Waals surface area contributed by atoms with E-state index in [9.17, 15) is 4.79 Å². The minimum Gasteiger partial charge on any atom is -0.326 e. The highest BCUT2D eigenvalue weighted by Crippen LogP contribution is 2.18. The first-order chi connectivity index (χ1) is 14.4. The molecule has 0 spiro atoms. The maximum absolute atomic E-state index is 12.5. The summed E-state index contributed by atoms with van der Waals surface area (Å²) in [5.41, 5.74) is 6.07. The molecule has 0 saturated heterocycles. The number of aryl methyl sites for hydroxylation is 1. The van der Waals surface area contributed by atoms with Crippen LogP contribution < -0.4 is 5.32 Å². The lowest BCUT2D eigenvalue weighted by Gasteiger charge is -2.08. The number of carbonyl (C=O) groups excluding carboxylic acids is 1. The van der Waals surface area contributed by atoms with E-state index in [-0.39, 0.29) is 5.91 Å². The Morgan fingerprint density at radius 2 is 1.97 bits per heavy atom. The van der Waals surface area contributed by atoms with Crippen LogP contribution in [0.1, 0.15) is 48.5 Å². The van der Waals surface area contributed by atoms with Crippen molar-refractivity contribution in [2.45, 2.75) is 47.1 Å². The Hall–Kier alpha value is -3.21. The molecule has 0 radical (unpaired) electrons. The van der Waals surface area contributed by atoms with E-state index in [4.69, 9.17) is 0 Å². The van der Waals surface area contributed by atoms with Gasteiger partial charge in [0, 0.05) is 30.5 Å². The molecule has 0 fully saturated rings. The van der Waals surface area contributed by atoms with Crippen LogP contribution in [0.4, 0.5) is 5.69 Å². The van der Waals surface area contributed by atoms with Crippen molar-refractivity contribution in [2.75, 3.05) is 5.32 Å². The Morgan fingerprint density at radius 1 is 1.13 bits per heavy atom. The van der Waals surface area contributed by atoms with Crippen LogP contribution in [0, 0.1) is 19.8 Å². The highest BCUT2D eigenvalue weighted by atomic mass is 16.1. The topological polar surface area (TPSA) is 59.8 Å². The van der Waals surface area contributed by atoms with E-state index >= 15 is 0 Å². The molecule has 156 valence electrons.